The molecule has 16 heteroatoms. The summed E-state index contributed by atoms with van der Waals surface area (Å²) in [6, 6.07) is 9.44. The fraction of sp³-hybridized carbons (Fsp3) is 0.406. The number of esters is 1. The number of aliphatic imine (C=N–C) groups is 1. The van der Waals surface area contributed by atoms with Gasteiger partial charge in [-0.25, -0.2) is 19.4 Å². The van der Waals surface area contributed by atoms with Crippen molar-refractivity contribution in [2.45, 2.75) is 65.7 Å². The highest BCUT2D eigenvalue weighted by Gasteiger charge is 2.25. The van der Waals surface area contributed by atoms with Crippen LogP contribution in [0.25, 0.3) is 0 Å². The summed E-state index contributed by atoms with van der Waals surface area (Å²) in [5, 5.41) is 12.3. The van der Waals surface area contributed by atoms with Gasteiger partial charge < -0.3 is 30.2 Å². The first-order valence-electron chi connectivity index (χ1n) is 14.7. The minimum atomic E-state index is -1.25. The second kappa shape index (κ2) is 17.1. The number of methoxy groups -OCH3 is 1. The van der Waals surface area contributed by atoms with Crippen LogP contribution < -0.4 is 26.6 Å². The van der Waals surface area contributed by atoms with Crippen LogP contribution in [0.1, 0.15) is 67.8 Å². The second-order valence-electron chi connectivity index (χ2n) is 12.2. The Morgan fingerprint density at radius 3 is 1.96 bits per heavy atom. The number of aryl methyl sites for hydroxylation is 1. The second-order valence-corrected chi connectivity index (χ2v) is 12.6. The van der Waals surface area contributed by atoms with Gasteiger partial charge in [0.15, 0.2) is 0 Å². The number of carbonyl (C=O) groups excluding carboxylic acids is 6. The lowest BCUT2D eigenvalue weighted by Crippen LogP contribution is -2.50. The highest BCUT2D eigenvalue weighted by Crippen LogP contribution is 2.19. The Morgan fingerprint density at radius 2 is 1.42 bits per heavy atom. The van der Waals surface area contributed by atoms with Gasteiger partial charge in [0.05, 0.1) is 29.9 Å². The number of alkyl carbamates (subject to hydrolysis) is 2. The van der Waals surface area contributed by atoms with E-state index in [0.717, 1.165) is 7.11 Å². The molecule has 5 N–H and O–H groups in total. The van der Waals surface area contributed by atoms with Gasteiger partial charge in [0.1, 0.15) is 17.2 Å². The molecule has 5 amide bonds. The minimum Gasteiger partial charge on any atom is -0.467 e. The van der Waals surface area contributed by atoms with Gasteiger partial charge in [-0.05, 0) is 78.3 Å². The maximum absolute atomic E-state index is 12.9. The normalized spacial score (nSPS) is 11.6. The Bertz CT molecular complexity index is 1510. The van der Waals surface area contributed by atoms with Crippen LogP contribution in [0.2, 0.25) is 5.02 Å². The van der Waals surface area contributed by atoms with Gasteiger partial charge in [-0.15, -0.1) is 0 Å². The summed E-state index contributed by atoms with van der Waals surface area (Å²) in [6.07, 6.45) is -1.80. The first-order chi connectivity index (χ1) is 22.3. The quantitative estimate of drug-likeness (QED) is 0.113. The van der Waals surface area contributed by atoms with Crippen LogP contribution in [0.4, 0.5) is 15.3 Å². The molecule has 2 aromatic carbocycles. The first kappa shape index (κ1) is 39.0. The summed E-state index contributed by atoms with van der Waals surface area (Å²) in [7, 11) is 1.13. The number of nitrogens with zero attached hydrogens (tertiary/aromatic N) is 1. The van der Waals surface area contributed by atoms with E-state index in [1.165, 1.54) is 30.3 Å². The number of ether oxygens (including phenoxy) is 3. The molecular formula is C32H41ClN6O9. The molecule has 1 unspecified atom stereocenters. The van der Waals surface area contributed by atoms with E-state index in [-0.39, 0.29) is 34.3 Å². The maximum Gasteiger partial charge on any atom is 0.414 e. The molecule has 0 spiro atoms. The van der Waals surface area contributed by atoms with E-state index in [4.69, 9.17) is 25.8 Å². The number of hydrogen-bond acceptors (Lipinski definition) is 10. The lowest BCUT2D eigenvalue weighted by molar-refractivity contribution is -0.142. The molecule has 0 radical (unpaired) electrons. The van der Waals surface area contributed by atoms with Crippen molar-refractivity contribution in [1.82, 2.24) is 26.6 Å². The molecule has 48 heavy (non-hydrogen) atoms. The average molecular weight is 689 g/mol. The van der Waals surface area contributed by atoms with Gasteiger partial charge in [-0.2, -0.15) is 0 Å². The Kier molecular flexibility index (Phi) is 13.9. The lowest BCUT2D eigenvalue weighted by atomic mass is 10.1. The topological polar surface area (TPSA) is 203 Å². The fourth-order valence-electron chi connectivity index (χ4n) is 3.76. The van der Waals surface area contributed by atoms with Gasteiger partial charge in [0.25, 0.3) is 11.8 Å². The van der Waals surface area contributed by atoms with Crippen LogP contribution in [-0.2, 0) is 23.8 Å². The minimum absolute atomic E-state index is 0.0905. The van der Waals surface area contributed by atoms with Crippen LogP contribution in [0.3, 0.4) is 0 Å². The number of amides is 5. The molecule has 2 rings (SSSR count). The molecule has 15 nitrogen and oxygen atoms in total. The fourth-order valence-corrected chi connectivity index (χ4v) is 4.07. The zero-order chi connectivity index (χ0) is 36.2. The molecule has 0 aliphatic heterocycles. The zero-order valence-corrected chi connectivity index (χ0v) is 28.8. The summed E-state index contributed by atoms with van der Waals surface area (Å²) < 4.78 is 15.2. The van der Waals surface area contributed by atoms with Gasteiger partial charge in [-0.3, -0.25) is 25.0 Å². The Labute approximate surface area is 283 Å². The van der Waals surface area contributed by atoms with E-state index in [1.54, 1.807) is 60.6 Å². The molecule has 0 aromatic heterocycles. The average Bonchev–Trinajstić information content (AvgIpc) is 2.95. The number of carbonyl (C=O) groups is 6. The van der Waals surface area contributed by atoms with Crippen LogP contribution >= 0.6 is 11.6 Å². The van der Waals surface area contributed by atoms with Crippen LogP contribution in [0, 0.1) is 6.92 Å². The molecule has 0 bridgehead atoms. The van der Waals surface area contributed by atoms with E-state index in [1.807, 2.05) is 0 Å². The van der Waals surface area contributed by atoms with Gasteiger partial charge in [0, 0.05) is 12.1 Å². The molecule has 0 aliphatic carbocycles. The van der Waals surface area contributed by atoms with Gasteiger partial charge in [-0.1, -0.05) is 29.8 Å². The van der Waals surface area contributed by atoms with E-state index < -0.39 is 59.7 Å². The van der Waals surface area contributed by atoms with Crippen molar-refractivity contribution >= 4 is 59.1 Å². The summed E-state index contributed by atoms with van der Waals surface area (Å²) in [6.45, 7) is 10.8. The predicted octanol–water partition coefficient (Wildman–Crippen LogP) is 3.50. The summed E-state index contributed by atoms with van der Waals surface area (Å²) in [5.41, 5.74) is -0.677. The largest absolute Gasteiger partial charge is 0.467 e. The summed E-state index contributed by atoms with van der Waals surface area (Å²) in [4.78, 5) is 79.5. The molecule has 0 saturated heterocycles. The van der Waals surface area contributed by atoms with E-state index in [9.17, 15) is 28.8 Å². The number of guanidine groups is 1. The molecule has 260 valence electrons. The van der Waals surface area contributed by atoms with Crippen molar-refractivity contribution in [3.05, 3.63) is 64.2 Å². The van der Waals surface area contributed by atoms with Gasteiger partial charge in [0.2, 0.25) is 11.9 Å². The van der Waals surface area contributed by atoms with Crippen LogP contribution in [-0.4, -0.2) is 79.3 Å². The summed E-state index contributed by atoms with van der Waals surface area (Å²) in [5.74, 6) is -3.09. The highest BCUT2D eigenvalue weighted by molar-refractivity contribution is 6.34. The SMILES string of the molecule is COC(=O)C(CNC(=O)CNC(=O)c1cccc(N=C(NC(=O)OC(C)(C)C)NC(=O)OC(C)(C)C)c1)NC(=O)c1c(C)cccc1Cl. The molecule has 2 aromatic rings. The third kappa shape index (κ3) is 13.7. The molecule has 0 heterocycles. The van der Waals surface area contributed by atoms with Crippen molar-refractivity contribution in [1.29, 1.82) is 0 Å². The van der Waals surface area contributed by atoms with Crippen LogP contribution in [0.5, 0.6) is 0 Å². The predicted molar refractivity (Wildman–Crippen MR) is 177 cm³/mol. The molecule has 0 aliphatic rings. The third-order valence-corrected chi connectivity index (χ3v) is 6.06. The maximum atomic E-state index is 12.9. The van der Waals surface area contributed by atoms with E-state index in [0.29, 0.717) is 5.56 Å². The van der Waals surface area contributed by atoms with Gasteiger partial charge >= 0.3 is 18.2 Å². The van der Waals surface area contributed by atoms with Crippen LogP contribution in [0.15, 0.2) is 47.5 Å². The molecule has 1 atom stereocenters. The van der Waals surface area contributed by atoms with Crippen molar-refractivity contribution in [2.24, 2.45) is 4.99 Å². The smallest absolute Gasteiger partial charge is 0.414 e. The monoisotopic (exact) mass is 688 g/mol. The molecule has 0 saturated carbocycles. The third-order valence-electron chi connectivity index (χ3n) is 5.74. The van der Waals surface area contributed by atoms with Crippen molar-refractivity contribution in [2.75, 3.05) is 20.2 Å². The Balaban J connectivity index is 2.09. The first-order valence-corrected chi connectivity index (χ1v) is 15.0. The summed E-state index contributed by atoms with van der Waals surface area (Å²) >= 11 is 6.15. The Hall–Kier alpha value is -5.18. The number of rotatable bonds is 9. The zero-order valence-electron chi connectivity index (χ0n) is 28.0. The van der Waals surface area contributed by atoms with Crippen molar-refractivity contribution in [3.63, 3.8) is 0 Å². The number of halogens is 1. The number of benzene rings is 2. The van der Waals surface area contributed by atoms with E-state index >= 15 is 0 Å². The molecular weight excluding hydrogens is 648 g/mol. The molecule has 0 fully saturated rings. The Morgan fingerprint density at radius 1 is 0.833 bits per heavy atom. The van der Waals surface area contributed by atoms with Crippen molar-refractivity contribution < 1.29 is 43.0 Å². The van der Waals surface area contributed by atoms with E-state index in [2.05, 4.69) is 31.6 Å². The number of nitrogens with one attached hydrogen (secondary N) is 5. The van der Waals surface area contributed by atoms with Crippen molar-refractivity contribution in [3.8, 4) is 0 Å². The highest BCUT2D eigenvalue weighted by atomic mass is 35.5. The number of hydrogen-bond donors (Lipinski definition) is 5. The lowest BCUT2D eigenvalue weighted by Gasteiger charge is -2.22. The standard InChI is InChI=1S/C32H41ClN6O9/c1-18-11-9-14-21(33)24(18)26(42)37-22(27(43)46-8)16-34-23(40)17-35-25(41)19-12-10-13-20(15-19)36-28(38-29(44)47-31(2,3)4)39-30(45)48-32(5,6)7/h9-15,22H,16-17H2,1-8H3,(H,34,40)(H,35,41)(H,37,42)(H2,36,38,39,44,45).